The third kappa shape index (κ3) is 7.75. The summed E-state index contributed by atoms with van der Waals surface area (Å²) in [4.78, 5) is 4.23. The molecule has 2 aromatic rings. The van der Waals surface area contributed by atoms with Crippen molar-refractivity contribution in [2.24, 2.45) is 4.99 Å². The molecule has 7 nitrogen and oxygen atoms in total. The maximum Gasteiger partial charge on any atom is 0.191 e. The van der Waals surface area contributed by atoms with Crippen molar-refractivity contribution >= 4 is 11.6 Å². The van der Waals surface area contributed by atoms with E-state index in [0.29, 0.717) is 26.3 Å². The average Bonchev–Trinajstić information content (AvgIpc) is 2.75. The molecule has 0 aromatic heterocycles. The lowest BCUT2D eigenvalue weighted by Gasteiger charge is -2.13. The van der Waals surface area contributed by atoms with Gasteiger partial charge < -0.3 is 30.2 Å². The molecule has 2 aromatic carbocycles. The van der Waals surface area contributed by atoms with Crippen LogP contribution in [0.15, 0.2) is 53.5 Å². The number of ether oxygens (including phenoxy) is 3. The maximum atomic E-state index is 5.70. The zero-order valence-electron chi connectivity index (χ0n) is 16.8. The smallest absolute Gasteiger partial charge is 0.191 e. The highest BCUT2D eigenvalue weighted by atomic mass is 16.5. The number of anilines is 1. The lowest BCUT2D eigenvalue weighted by Crippen LogP contribution is -2.38. The Morgan fingerprint density at radius 1 is 0.857 bits per heavy atom. The van der Waals surface area contributed by atoms with E-state index < -0.39 is 0 Å². The van der Waals surface area contributed by atoms with Crippen molar-refractivity contribution < 1.29 is 14.2 Å². The van der Waals surface area contributed by atoms with Crippen LogP contribution in [0.5, 0.6) is 11.5 Å². The van der Waals surface area contributed by atoms with E-state index in [-0.39, 0.29) is 0 Å². The maximum absolute atomic E-state index is 5.70. The fourth-order valence-corrected chi connectivity index (χ4v) is 2.45. The number of guanidine groups is 1. The summed E-state index contributed by atoms with van der Waals surface area (Å²) >= 11 is 0. The normalized spacial score (nSPS) is 11.0. The molecule has 0 aliphatic heterocycles. The second-order valence-electron chi connectivity index (χ2n) is 5.99. The molecule has 0 aliphatic rings. The van der Waals surface area contributed by atoms with Gasteiger partial charge in [-0.2, -0.15) is 0 Å². The van der Waals surface area contributed by atoms with Gasteiger partial charge in [0.25, 0.3) is 0 Å². The molecule has 0 saturated heterocycles. The van der Waals surface area contributed by atoms with E-state index in [0.717, 1.165) is 29.7 Å². The van der Waals surface area contributed by atoms with Gasteiger partial charge in [-0.25, -0.2) is 0 Å². The van der Waals surface area contributed by atoms with Crippen molar-refractivity contribution in [3.63, 3.8) is 0 Å². The molecule has 0 radical (unpaired) electrons. The summed E-state index contributed by atoms with van der Waals surface area (Å²) in [6.07, 6.45) is 0. The second kappa shape index (κ2) is 12.5. The average molecular weight is 386 g/mol. The first-order valence-electron chi connectivity index (χ1n) is 9.28. The molecule has 3 N–H and O–H groups in total. The number of methoxy groups -OCH3 is 2. The van der Waals surface area contributed by atoms with Crippen LogP contribution in [0.3, 0.4) is 0 Å². The summed E-state index contributed by atoms with van der Waals surface area (Å²) in [6.45, 7) is 3.36. The fourth-order valence-electron chi connectivity index (χ4n) is 2.45. The largest absolute Gasteiger partial charge is 0.497 e. The Morgan fingerprint density at radius 3 is 2.21 bits per heavy atom. The molecule has 28 heavy (non-hydrogen) atoms. The Hall–Kier alpha value is -2.93. The van der Waals surface area contributed by atoms with Crippen LogP contribution >= 0.6 is 0 Å². The topological polar surface area (TPSA) is 76.1 Å². The summed E-state index contributed by atoms with van der Waals surface area (Å²) in [5, 5.41) is 9.84. The van der Waals surface area contributed by atoms with E-state index in [1.807, 2.05) is 24.3 Å². The van der Waals surface area contributed by atoms with Gasteiger partial charge in [0.05, 0.1) is 20.3 Å². The number of nitrogens with one attached hydrogen (secondary N) is 3. The number of benzene rings is 2. The van der Waals surface area contributed by atoms with E-state index in [1.165, 1.54) is 5.56 Å². The molecule has 0 atom stereocenters. The molecule has 2 rings (SSSR count). The standard InChI is InChI=1S/C21H30N4O3/c1-22-21(24-13-15-28-20-10-8-19(27-3)9-11-20)25-16-17-4-6-18(7-5-17)23-12-14-26-2/h4-11,23H,12-16H2,1-3H3,(H2,22,24,25). The van der Waals surface area contributed by atoms with Crippen LogP contribution in [0.1, 0.15) is 5.56 Å². The predicted molar refractivity (Wildman–Crippen MR) is 113 cm³/mol. The van der Waals surface area contributed by atoms with Gasteiger partial charge in [-0.1, -0.05) is 12.1 Å². The minimum atomic E-state index is 0.537. The molecule has 0 unspecified atom stereocenters. The van der Waals surface area contributed by atoms with Crippen LogP contribution < -0.4 is 25.4 Å². The lowest BCUT2D eigenvalue weighted by molar-refractivity contribution is 0.211. The number of hydrogen-bond acceptors (Lipinski definition) is 5. The summed E-state index contributed by atoms with van der Waals surface area (Å²) in [7, 11) is 5.09. The van der Waals surface area contributed by atoms with E-state index in [9.17, 15) is 0 Å². The number of hydrogen-bond donors (Lipinski definition) is 3. The van der Waals surface area contributed by atoms with Crippen molar-refractivity contribution in [1.29, 1.82) is 0 Å². The van der Waals surface area contributed by atoms with Gasteiger partial charge in [0.2, 0.25) is 0 Å². The van der Waals surface area contributed by atoms with Gasteiger partial charge in [0, 0.05) is 32.9 Å². The fraction of sp³-hybridized carbons (Fsp3) is 0.381. The zero-order chi connectivity index (χ0) is 20.0. The molecular formula is C21H30N4O3. The Balaban J connectivity index is 1.66. The van der Waals surface area contributed by atoms with Crippen LogP contribution in [0.2, 0.25) is 0 Å². The predicted octanol–water partition coefficient (Wildman–Crippen LogP) is 2.50. The Morgan fingerprint density at radius 2 is 1.57 bits per heavy atom. The van der Waals surface area contributed by atoms with E-state index in [2.05, 4.69) is 45.2 Å². The second-order valence-corrected chi connectivity index (χ2v) is 5.99. The lowest BCUT2D eigenvalue weighted by atomic mass is 10.2. The van der Waals surface area contributed by atoms with Crippen LogP contribution in [0, 0.1) is 0 Å². The monoisotopic (exact) mass is 386 g/mol. The van der Waals surface area contributed by atoms with Crippen molar-refractivity contribution in [2.75, 3.05) is 52.9 Å². The highest BCUT2D eigenvalue weighted by molar-refractivity contribution is 5.79. The molecule has 7 heteroatoms. The number of aliphatic imine (C=N–C) groups is 1. The Kier molecular flexibility index (Phi) is 9.51. The van der Waals surface area contributed by atoms with Crippen molar-refractivity contribution in [2.45, 2.75) is 6.54 Å². The summed E-state index contributed by atoms with van der Waals surface area (Å²) in [5.74, 6) is 2.36. The van der Waals surface area contributed by atoms with Crippen LogP contribution in [-0.2, 0) is 11.3 Å². The molecule has 0 spiro atoms. The minimum Gasteiger partial charge on any atom is -0.497 e. The third-order valence-electron chi connectivity index (χ3n) is 4.00. The molecule has 0 amide bonds. The van der Waals surface area contributed by atoms with Gasteiger partial charge in [-0.05, 0) is 42.0 Å². The number of rotatable bonds is 11. The number of nitrogens with zero attached hydrogens (tertiary/aromatic N) is 1. The van der Waals surface area contributed by atoms with E-state index in [4.69, 9.17) is 14.2 Å². The van der Waals surface area contributed by atoms with Crippen molar-refractivity contribution in [1.82, 2.24) is 10.6 Å². The molecule has 0 heterocycles. The third-order valence-corrected chi connectivity index (χ3v) is 4.00. The zero-order valence-corrected chi connectivity index (χ0v) is 16.8. The SMILES string of the molecule is CN=C(NCCOc1ccc(OC)cc1)NCc1ccc(NCCOC)cc1. The van der Waals surface area contributed by atoms with Crippen LogP contribution in [0.25, 0.3) is 0 Å². The van der Waals surface area contributed by atoms with Crippen LogP contribution in [0.4, 0.5) is 5.69 Å². The first kappa shape index (κ1) is 21.4. The molecule has 152 valence electrons. The first-order valence-corrected chi connectivity index (χ1v) is 9.28. The Labute approximate surface area is 167 Å². The Bertz CT molecular complexity index is 703. The van der Waals surface area contributed by atoms with Gasteiger partial charge in [-0.3, -0.25) is 4.99 Å². The molecule has 0 bridgehead atoms. The quantitative estimate of drug-likeness (QED) is 0.313. The van der Waals surface area contributed by atoms with Gasteiger partial charge in [0.15, 0.2) is 5.96 Å². The minimum absolute atomic E-state index is 0.537. The first-order chi connectivity index (χ1) is 13.7. The van der Waals surface area contributed by atoms with Gasteiger partial charge in [-0.15, -0.1) is 0 Å². The van der Waals surface area contributed by atoms with E-state index in [1.54, 1.807) is 21.3 Å². The molecule has 0 saturated carbocycles. The molecule has 0 fully saturated rings. The van der Waals surface area contributed by atoms with Crippen LogP contribution in [-0.4, -0.2) is 53.5 Å². The molecular weight excluding hydrogens is 356 g/mol. The molecule has 0 aliphatic carbocycles. The van der Waals surface area contributed by atoms with Gasteiger partial charge in [0.1, 0.15) is 18.1 Å². The summed E-state index contributed by atoms with van der Waals surface area (Å²) < 4.78 is 15.9. The highest BCUT2D eigenvalue weighted by Gasteiger charge is 2.00. The van der Waals surface area contributed by atoms with Crippen molar-refractivity contribution in [3.8, 4) is 11.5 Å². The van der Waals surface area contributed by atoms with E-state index >= 15 is 0 Å². The summed E-state index contributed by atoms with van der Waals surface area (Å²) in [5.41, 5.74) is 2.26. The van der Waals surface area contributed by atoms with Gasteiger partial charge >= 0.3 is 0 Å². The highest BCUT2D eigenvalue weighted by Crippen LogP contribution is 2.16. The summed E-state index contributed by atoms with van der Waals surface area (Å²) in [6, 6.07) is 15.8. The van der Waals surface area contributed by atoms with Crippen molar-refractivity contribution in [3.05, 3.63) is 54.1 Å².